The first-order chi connectivity index (χ1) is 14.2. The number of hydrogen-bond acceptors (Lipinski definition) is 4. The summed E-state index contributed by atoms with van der Waals surface area (Å²) in [4.78, 5) is 0. The van der Waals surface area contributed by atoms with E-state index in [4.69, 9.17) is 15.6 Å². The van der Waals surface area contributed by atoms with Crippen LogP contribution in [-0.4, -0.2) is 28.1 Å². The van der Waals surface area contributed by atoms with E-state index < -0.39 is 0 Å². The molecule has 3 N–H and O–H groups in total. The van der Waals surface area contributed by atoms with Gasteiger partial charge in [0.1, 0.15) is 0 Å². The van der Waals surface area contributed by atoms with Gasteiger partial charge in [0.15, 0.2) is 0 Å². The third kappa shape index (κ3) is 6.44. The van der Waals surface area contributed by atoms with Crippen LogP contribution in [0.15, 0.2) is 42.0 Å². The molecule has 0 amide bonds. The van der Waals surface area contributed by atoms with Crippen molar-refractivity contribution in [1.29, 1.82) is 0 Å². The van der Waals surface area contributed by atoms with Crippen molar-refractivity contribution in [2.24, 2.45) is 5.92 Å². The minimum atomic E-state index is 0.304. The molecule has 3 rings (SSSR count). The molecule has 0 radical (unpaired) electrons. The van der Waals surface area contributed by atoms with E-state index in [1.54, 1.807) is 0 Å². The second kappa shape index (κ2) is 11.2. The van der Waals surface area contributed by atoms with Crippen LogP contribution in [0.5, 0.6) is 0 Å². The molecule has 0 aliphatic heterocycles. The Morgan fingerprint density at radius 3 is 2.83 bits per heavy atom. The summed E-state index contributed by atoms with van der Waals surface area (Å²) in [7, 11) is 0. The van der Waals surface area contributed by atoms with E-state index in [9.17, 15) is 0 Å². The van der Waals surface area contributed by atoms with Gasteiger partial charge in [-0.2, -0.15) is 5.10 Å². The lowest BCUT2D eigenvalue weighted by molar-refractivity contribution is 0.134. The van der Waals surface area contributed by atoms with E-state index in [0.717, 1.165) is 61.6 Å². The number of anilines is 1. The number of aliphatic hydroxyl groups is 1. The molecule has 158 valence electrons. The van der Waals surface area contributed by atoms with Gasteiger partial charge >= 0.3 is 0 Å². The van der Waals surface area contributed by atoms with Gasteiger partial charge < -0.3 is 15.6 Å². The maximum atomic E-state index is 9.04. The minimum Gasteiger partial charge on any atom is -0.396 e. The molecule has 5 heteroatoms. The zero-order valence-corrected chi connectivity index (χ0v) is 17.6. The normalized spacial score (nSPS) is 17.2. The Morgan fingerprint density at radius 1 is 1.21 bits per heavy atom. The number of hydrogen-bond donors (Lipinski definition) is 2. The summed E-state index contributed by atoms with van der Waals surface area (Å²) < 4.78 is 8.07. The van der Waals surface area contributed by atoms with Crippen LogP contribution in [0.2, 0.25) is 0 Å². The van der Waals surface area contributed by atoms with Crippen LogP contribution in [-0.2, 0) is 24.3 Å². The molecule has 0 saturated carbocycles. The Bertz CT molecular complexity index is 783. The third-order valence-electron chi connectivity index (χ3n) is 5.92. The van der Waals surface area contributed by atoms with E-state index in [1.807, 2.05) is 17.7 Å². The highest BCUT2D eigenvalue weighted by molar-refractivity contribution is 5.47. The highest BCUT2D eigenvalue weighted by Crippen LogP contribution is 2.27. The van der Waals surface area contributed by atoms with Crippen molar-refractivity contribution in [2.45, 2.75) is 65.0 Å². The van der Waals surface area contributed by atoms with Gasteiger partial charge in [-0.15, -0.1) is 0 Å². The SMILES string of the molecule is Cc1nn(CCc2ccccc2)c(COCC2=CCCC(CCCO)CC2)c1N. The second-order valence-corrected chi connectivity index (χ2v) is 8.11. The van der Waals surface area contributed by atoms with Crippen molar-refractivity contribution < 1.29 is 9.84 Å². The smallest absolute Gasteiger partial charge is 0.0910 e. The predicted molar refractivity (Wildman–Crippen MR) is 118 cm³/mol. The van der Waals surface area contributed by atoms with E-state index in [2.05, 4.69) is 35.4 Å². The van der Waals surface area contributed by atoms with Gasteiger partial charge in [0.05, 0.1) is 30.3 Å². The maximum absolute atomic E-state index is 9.04. The summed E-state index contributed by atoms with van der Waals surface area (Å²) in [5.41, 5.74) is 11.6. The van der Waals surface area contributed by atoms with Crippen LogP contribution in [0.25, 0.3) is 0 Å². The standard InChI is InChI=1S/C24H35N3O2/c1-19-24(25)23(27(26-19)15-14-21-7-3-2-4-8-21)18-29-17-22-10-5-9-20(12-13-22)11-6-16-28/h2-4,7-8,10,20,28H,5-6,9,11-18,25H2,1H3. The number of ether oxygens (including phenoxy) is 1. The first-order valence-electron chi connectivity index (χ1n) is 10.9. The summed E-state index contributed by atoms with van der Waals surface area (Å²) in [5, 5.41) is 13.7. The van der Waals surface area contributed by atoms with E-state index in [-0.39, 0.29) is 0 Å². The lowest BCUT2D eigenvalue weighted by atomic mass is 9.94. The minimum absolute atomic E-state index is 0.304. The summed E-state index contributed by atoms with van der Waals surface area (Å²) in [6, 6.07) is 10.5. The number of nitrogen functional groups attached to an aromatic ring is 1. The fraction of sp³-hybridized carbons (Fsp3) is 0.542. The van der Waals surface area contributed by atoms with Gasteiger partial charge in [-0.1, -0.05) is 36.4 Å². The number of allylic oxidation sites excluding steroid dienone is 1. The number of rotatable bonds is 10. The lowest BCUT2D eigenvalue weighted by Gasteiger charge is -2.13. The molecule has 29 heavy (non-hydrogen) atoms. The molecular formula is C24H35N3O2. The first-order valence-corrected chi connectivity index (χ1v) is 10.9. The van der Waals surface area contributed by atoms with Crippen molar-refractivity contribution in [3.05, 3.63) is 58.9 Å². The molecule has 0 spiro atoms. The van der Waals surface area contributed by atoms with Crippen molar-refractivity contribution in [3.63, 3.8) is 0 Å². The number of aliphatic hydroxyl groups excluding tert-OH is 1. The van der Waals surface area contributed by atoms with Gasteiger partial charge in [-0.25, -0.2) is 0 Å². The van der Waals surface area contributed by atoms with E-state index in [1.165, 1.54) is 24.0 Å². The lowest BCUT2D eigenvalue weighted by Crippen LogP contribution is -2.11. The molecule has 1 heterocycles. The number of nitrogens with two attached hydrogens (primary N) is 1. The first kappa shape index (κ1) is 21.6. The quantitative estimate of drug-likeness (QED) is 0.582. The molecule has 1 aromatic carbocycles. The van der Waals surface area contributed by atoms with Crippen LogP contribution in [0, 0.1) is 12.8 Å². The summed E-state index contributed by atoms with van der Waals surface area (Å²) in [6.45, 7) is 4.22. The summed E-state index contributed by atoms with van der Waals surface area (Å²) in [5.74, 6) is 0.730. The highest BCUT2D eigenvalue weighted by atomic mass is 16.5. The highest BCUT2D eigenvalue weighted by Gasteiger charge is 2.15. The van der Waals surface area contributed by atoms with Crippen LogP contribution in [0.1, 0.15) is 55.5 Å². The summed E-state index contributed by atoms with van der Waals surface area (Å²) >= 11 is 0. The Kier molecular flexibility index (Phi) is 8.32. The van der Waals surface area contributed by atoms with Crippen LogP contribution in [0.3, 0.4) is 0 Å². The Balaban J connectivity index is 1.51. The predicted octanol–water partition coefficient (Wildman–Crippen LogP) is 4.42. The Hall–Kier alpha value is -2.11. The van der Waals surface area contributed by atoms with Gasteiger partial charge in [-0.3, -0.25) is 4.68 Å². The van der Waals surface area contributed by atoms with Gasteiger partial charge in [-0.05, 0) is 68.9 Å². The van der Waals surface area contributed by atoms with Gasteiger partial charge in [0, 0.05) is 13.2 Å². The van der Waals surface area contributed by atoms with Crippen LogP contribution >= 0.6 is 0 Å². The monoisotopic (exact) mass is 397 g/mol. The molecule has 1 aliphatic carbocycles. The van der Waals surface area contributed by atoms with Crippen molar-refractivity contribution in [1.82, 2.24) is 9.78 Å². The van der Waals surface area contributed by atoms with Crippen LogP contribution < -0.4 is 5.73 Å². The summed E-state index contributed by atoms with van der Waals surface area (Å²) in [6.07, 6.45) is 9.96. The van der Waals surface area contributed by atoms with E-state index in [0.29, 0.717) is 19.8 Å². The van der Waals surface area contributed by atoms with Gasteiger partial charge in [0.25, 0.3) is 0 Å². The maximum Gasteiger partial charge on any atom is 0.0910 e. The molecule has 1 unspecified atom stereocenters. The zero-order valence-electron chi connectivity index (χ0n) is 17.6. The average molecular weight is 398 g/mol. The fourth-order valence-corrected chi connectivity index (χ4v) is 4.10. The molecule has 0 saturated heterocycles. The van der Waals surface area contributed by atoms with Crippen LogP contribution in [0.4, 0.5) is 5.69 Å². The molecule has 1 atom stereocenters. The van der Waals surface area contributed by atoms with E-state index >= 15 is 0 Å². The molecule has 0 bridgehead atoms. The van der Waals surface area contributed by atoms with Gasteiger partial charge in [0.2, 0.25) is 0 Å². The molecule has 2 aromatic rings. The third-order valence-corrected chi connectivity index (χ3v) is 5.92. The fourth-order valence-electron chi connectivity index (χ4n) is 4.10. The largest absolute Gasteiger partial charge is 0.396 e. The number of aromatic nitrogens is 2. The zero-order chi connectivity index (χ0) is 20.5. The van der Waals surface area contributed by atoms with Crippen molar-refractivity contribution in [3.8, 4) is 0 Å². The molecular weight excluding hydrogens is 362 g/mol. The second-order valence-electron chi connectivity index (χ2n) is 8.11. The number of nitrogens with zero attached hydrogens (tertiary/aromatic N) is 2. The Morgan fingerprint density at radius 2 is 2.03 bits per heavy atom. The Labute approximate surface area is 174 Å². The number of benzene rings is 1. The molecule has 0 fully saturated rings. The van der Waals surface area contributed by atoms with Crippen molar-refractivity contribution >= 4 is 5.69 Å². The molecule has 1 aliphatic rings. The topological polar surface area (TPSA) is 73.3 Å². The molecule has 5 nitrogen and oxygen atoms in total. The van der Waals surface area contributed by atoms with Crippen molar-refractivity contribution in [2.75, 3.05) is 18.9 Å². The molecule has 1 aromatic heterocycles. The number of aryl methyl sites for hydroxylation is 3. The average Bonchev–Trinajstić information content (AvgIpc) is 2.89.